The minimum atomic E-state index is 0.151. The zero-order valence-electron chi connectivity index (χ0n) is 15.5. The molecule has 4 rings (SSSR count). The Kier molecular flexibility index (Phi) is 5.52. The minimum absolute atomic E-state index is 0.151. The quantitative estimate of drug-likeness (QED) is 0.695. The van der Waals surface area contributed by atoms with Crippen molar-refractivity contribution in [1.82, 2.24) is 5.32 Å². The van der Waals surface area contributed by atoms with Gasteiger partial charge in [-0.05, 0) is 22.8 Å². The lowest BCUT2D eigenvalue weighted by Gasteiger charge is -2.41. The summed E-state index contributed by atoms with van der Waals surface area (Å²) in [6, 6.07) is 29.7. The van der Waals surface area contributed by atoms with E-state index in [0.29, 0.717) is 0 Å². The van der Waals surface area contributed by atoms with Crippen molar-refractivity contribution < 1.29 is 5.11 Å². The summed E-state index contributed by atoms with van der Waals surface area (Å²) in [5, 5.41) is 13.8. The molecule has 0 spiro atoms. The molecule has 0 saturated heterocycles. The maximum atomic E-state index is 10.1. The first-order valence-electron chi connectivity index (χ1n) is 9.61. The zero-order chi connectivity index (χ0) is 18.5. The Bertz CT molecular complexity index is 851. The number of fused-ring (bicyclic) bond motifs is 1. The number of benzene rings is 3. The fourth-order valence-corrected chi connectivity index (χ4v) is 4.00. The van der Waals surface area contributed by atoms with Crippen LogP contribution in [-0.4, -0.2) is 18.3 Å². The van der Waals surface area contributed by atoms with E-state index in [1.807, 2.05) is 12.1 Å². The fourth-order valence-electron chi connectivity index (χ4n) is 4.00. The van der Waals surface area contributed by atoms with Crippen LogP contribution in [0.2, 0.25) is 0 Å². The van der Waals surface area contributed by atoms with E-state index in [0.717, 1.165) is 19.6 Å². The highest BCUT2D eigenvalue weighted by Crippen LogP contribution is 2.37. The number of aliphatic hydroxyl groups excluding tert-OH is 1. The molecule has 138 valence electrons. The average molecular weight is 358 g/mol. The largest absolute Gasteiger partial charge is 0.396 e. The van der Waals surface area contributed by atoms with Gasteiger partial charge in [-0.2, -0.15) is 0 Å². The maximum absolute atomic E-state index is 10.1. The molecule has 2 N–H and O–H groups in total. The van der Waals surface area contributed by atoms with E-state index < -0.39 is 0 Å². The van der Waals surface area contributed by atoms with Crippen molar-refractivity contribution in [2.75, 3.05) is 18.1 Å². The molecule has 0 saturated carbocycles. The summed E-state index contributed by atoms with van der Waals surface area (Å²) < 4.78 is 0. The van der Waals surface area contributed by atoms with Crippen LogP contribution in [0.15, 0.2) is 84.9 Å². The Morgan fingerprint density at radius 1 is 0.815 bits per heavy atom. The molecular weight excluding hydrogens is 332 g/mol. The number of nitrogens with zero attached hydrogens (tertiary/aromatic N) is 1. The number of aliphatic hydroxyl groups is 1. The molecule has 27 heavy (non-hydrogen) atoms. The first-order valence-corrected chi connectivity index (χ1v) is 9.61. The van der Waals surface area contributed by atoms with E-state index in [-0.39, 0.29) is 18.6 Å². The first-order chi connectivity index (χ1) is 13.3. The smallest absolute Gasteiger partial charge is 0.0494 e. The normalized spacial score (nSPS) is 18.9. The van der Waals surface area contributed by atoms with Gasteiger partial charge in [0.25, 0.3) is 0 Å². The number of para-hydroxylation sites is 1. The number of rotatable bonds is 6. The van der Waals surface area contributed by atoms with E-state index in [1.54, 1.807) is 0 Å². The van der Waals surface area contributed by atoms with Crippen LogP contribution in [0.1, 0.15) is 22.7 Å². The zero-order valence-corrected chi connectivity index (χ0v) is 15.5. The number of anilines is 1. The third kappa shape index (κ3) is 4.05. The van der Waals surface area contributed by atoms with Crippen LogP contribution >= 0.6 is 0 Å². The van der Waals surface area contributed by atoms with Crippen molar-refractivity contribution in [3.63, 3.8) is 0 Å². The maximum Gasteiger partial charge on any atom is 0.0494 e. The van der Waals surface area contributed by atoms with E-state index in [9.17, 15) is 5.11 Å². The first kappa shape index (κ1) is 17.8. The van der Waals surface area contributed by atoms with Gasteiger partial charge in [-0.15, -0.1) is 0 Å². The lowest BCUT2D eigenvalue weighted by Crippen LogP contribution is -2.43. The lowest BCUT2D eigenvalue weighted by molar-refractivity contribution is 0.185. The molecule has 0 aliphatic carbocycles. The summed E-state index contributed by atoms with van der Waals surface area (Å²) >= 11 is 0. The summed E-state index contributed by atoms with van der Waals surface area (Å²) in [7, 11) is 0. The van der Waals surface area contributed by atoms with E-state index in [2.05, 4.69) is 83.0 Å². The molecule has 1 heterocycles. The van der Waals surface area contributed by atoms with Gasteiger partial charge in [-0.3, -0.25) is 0 Å². The Hall–Kier alpha value is -2.62. The molecule has 3 heteroatoms. The predicted molar refractivity (Wildman–Crippen MR) is 111 cm³/mol. The van der Waals surface area contributed by atoms with Crippen LogP contribution in [0.25, 0.3) is 0 Å². The summed E-state index contributed by atoms with van der Waals surface area (Å²) in [5.74, 6) is 0.160. The summed E-state index contributed by atoms with van der Waals surface area (Å²) in [6.45, 7) is 2.68. The van der Waals surface area contributed by atoms with Gasteiger partial charge in [0.05, 0.1) is 0 Å². The lowest BCUT2D eigenvalue weighted by atomic mass is 9.87. The number of hydrogen-bond donors (Lipinski definition) is 2. The van der Waals surface area contributed by atoms with Gasteiger partial charge in [0.15, 0.2) is 0 Å². The van der Waals surface area contributed by atoms with Gasteiger partial charge < -0.3 is 15.3 Å². The highest BCUT2D eigenvalue weighted by atomic mass is 16.3. The summed E-state index contributed by atoms with van der Waals surface area (Å²) in [5.41, 5.74) is 5.09. The van der Waals surface area contributed by atoms with Crippen LogP contribution in [0.3, 0.4) is 0 Å². The van der Waals surface area contributed by atoms with Crippen LogP contribution in [0.5, 0.6) is 0 Å². The minimum Gasteiger partial charge on any atom is -0.396 e. The topological polar surface area (TPSA) is 35.5 Å². The van der Waals surface area contributed by atoms with Gasteiger partial charge in [0, 0.05) is 43.9 Å². The van der Waals surface area contributed by atoms with Crippen molar-refractivity contribution in [2.45, 2.75) is 19.1 Å². The van der Waals surface area contributed by atoms with Crippen molar-refractivity contribution >= 4 is 5.69 Å². The molecule has 0 radical (unpaired) electrons. The second kappa shape index (κ2) is 8.38. The van der Waals surface area contributed by atoms with E-state index >= 15 is 0 Å². The SMILES string of the molecule is OC[C@@H]1CN(Cc2ccccc2)c2ccccc2[C@H]1NCc1ccccc1. The van der Waals surface area contributed by atoms with Gasteiger partial charge >= 0.3 is 0 Å². The third-order valence-corrected chi connectivity index (χ3v) is 5.36. The van der Waals surface area contributed by atoms with Crippen molar-refractivity contribution in [2.24, 2.45) is 5.92 Å². The average Bonchev–Trinajstić information content (AvgIpc) is 2.74. The fraction of sp³-hybridized carbons (Fsp3) is 0.250. The second-order valence-corrected chi connectivity index (χ2v) is 7.21. The molecule has 1 aliphatic rings. The molecule has 3 aromatic carbocycles. The highest BCUT2D eigenvalue weighted by Gasteiger charge is 2.32. The second-order valence-electron chi connectivity index (χ2n) is 7.21. The Morgan fingerprint density at radius 3 is 2.15 bits per heavy atom. The molecule has 1 aliphatic heterocycles. The third-order valence-electron chi connectivity index (χ3n) is 5.36. The standard InChI is InChI=1S/C24H26N2O/c27-18-21-17-26(16-20-11-5-2-6-12-20)23-14-8-7-13-22(23)24(21)25-15-19-9-3-1-4-10-19/h1-14,21,24-25,27H,15-18H2/t21-,24-/m0/s1. The van der Waals surface area contributed by atoms with E-state index in [1.165, 1.54) is 22.4 Å². The van der Waals surface area contributed by atoms with E-state index in [4.69, 9.17) is 0 Å². The Labute approximate surface area is 161 Å². The Morgan fingerprint density at radius 2 is 1.44 bits per heavy atom. The number of hydrogen-bond acceptors (Lipinski definition) is 3. The summed E-state index contributed by atoms with van der Waals surface area (Å²) in [4.78, 5) is 2.40. The molecule has 0 unspecified atom stereocenters. The van der Waals surface area contributed by atoms with Crippen LogP contribution in [0.4, 0.5) is 5.69 Å². The van der Waals surface area contributed by atoms with Gasteiger partial charge in [0.1, 0.15) is 0 Å². The van der Waals surface area contributed by atoms with Gasteiger partial charge in [-0.1, -0.05) is 78.9 Å². The summed E-state index contributed by atoms with van der Waals surface area (Å²) in [6.07, 6.45) is 0. The predicted octanol–water partition coefficient (Wildman–Crippen LogP) is 4.15. The van der Waals surface area contributed by atoms with Crippen LogP contribution in [-0.2, 0) is 13.1 Å². The van der Waals surface area contributed by atoms with Gasteiger partial charge in [0.2, 0.25) is 0 Å². The Balaban J connectivity index is 1.59. The molecule has 3 aromatic rings. The molecule has 0 aromatic heterocycles. The van der Waals surface area contributed by atoms with Crippen molar-refractivity contribution in [3.8, 4) is 0 Å². The van der Waals surface area contributed by atoms with Crippen LogP contribution in [0, 0.1) is 5.92 Å². The monoisotopic (exact) mass is 358 g/mol. The molecule has 0 amide bonds. The molecule has 3 nitrogen and oxygen atoms in total. The van der Waals surface area contributed by atoms with Crippen LogP contribution < -0.4 is 10.2 Å². The number of nitrogens with one attached hydrogen (secondary N) is 1. The molecule has 2 atom stereocenters. The molecular formula is C24H26N2O. The molecule has 0 fully saturated rings. The van der Waals surface area contributed by atoms with Crippen molar-refractivity contribution in [3.05, 3.63) is 102 Å². The van der Waals surface area contributed by atoms with Crippen molar-refractivity contribution in [1.29, 1.82) is 0 Å². The van der Waals surface area contributed by atoms with Gasteiger partial charge in [-0.25, -0.2) is 0 Å². The molecule has 0 bridgehead atoms. The highest BCUT2D eigenvalue weighted by molar-refractivity contribution is 5.58.